The minimum Gasteiger partial charge on any atom is -0.378 e. The van der Waals surface area contributed by atoms with Gasteiger partial charge >= 0.3 is 5.69 Å². The summed E-state index contributed by atoms with van der Waals surface area (Å²) in [6.45, 7) is 3.82. The van der Waals surface area contributed by atoms with Gasteiger partial charge in [0.05, 0.1) is 19.5 Å². The average molecular weight is 321 g/mol. The summed E-state index contributed by atoms with van der Waals surface area (Å²) >= 11 is 0. The Kier molecular flexibility index (Phi) is 3.80. The summed E-state index contributed by atoms with van der Waals surface area (Å²) in [5.41, 5.74) is -0.370. The summed E-state index contributed by atoms with van der Waals surface area (Å²) < 4.78 is 9.11. The van der Waals surface area contributed by atoms with Gasteiger partial charge in [-0.3, -0.25) is 18.7 Å². The zero-order valence-electron chi connectivity index (χ0n) is 13.4. The van der Waals surface area contributed by atoms with E-state index in [4.69, 9.17) is 4.74 Å². The molecule has 1 atom stereocenters. The molecule has 3 rings (SSSR count). The molecular formula is C14H19N5O4. The van der Waals surface area contributed by atoms with E-state index in [-0.39, 0.29) is 17.1 Å². The summed E-state index contributed by atoms with van der Waals surface area (Å²) in [6, 6.07) is -0.580. The Hall–Kier alpha value is -2.42. The largest absolute Gasteiger partial charge is 0.378 e. The first-order chi connectivity index (χ1) is 10.9. The number of carbonyl (C=O) groups is 1. The van der Waals surface area contributed by atoms with Gasteiger partial charge in [0.25, 0.3) is 5.56 Å². The van der Waals surface area contributed by atoms with Gasteiger partial charge < -0.3 is 14.2 Å². The monoisotopic (exact) mass is 321 g/mol. The fourth-order valence-electron chi connectivity index (χ4n) is 2.82. The number of rotatable bonds is 2. The number of carbonyl (C=O) groups excluding carboxylic acids is 1. The molecule has 0 spiro atoms. The van der Waals surface area contributed by atoms with Crippen molar-refractivity contribution in [2.75, 3.05) is 26.3 Å². The van der Waals surface area contributed by atoms with Crippen molar-refractivity contribution in [1.29, 1.82) is 0 Å². The van der Waals surface area contributed by atoms with Crippen LogP contribution < -0.4 is 11.2 Å². The van der Waals surface area contributed by atoms with E-state index in [9.17, 15) is 14.4 Å². The molecule has 9 nitrogen and oxygen atoms in total. The molecule has 124 valence electrons. The van der Waals surface area contributed by atoms with E-state index in [0.29, 0.717) is 26.3 Å². The average Bonchev–Trinajstić information content (AvgIpc) is 3.02. The highest BCUT2D eigenvalue weighted by Crippen LogP contribution is 2.16. The lowest BCUT2D eigenvalue weighted by atomic mass is 10.2. The van der Waals surface area contributed by atoms with Gasteiger partial charge in [-0.05, 0) is 6.92 Å². The number of aryl methyl sites for hydroxylation is 1. The molecule has 0 saturated carbocycles. The number of hydrogen-bond acceptors (Lipinski definition) is 5. The summed E-state index contributed by atoms with van der Waals surface area (Å²) in [5.74, 6) is -0.0940. The third-order valence-electron chi connectivity index (χ3n) is 4.27. The molecular weight excluding hydrogens is 302 g/mol. The van der Waals surface area contributed by atoms with Gasteiger partial charge in [-0.15, -0.1) is 0 Å². The van der Waals surface area contributed by atoms with Gasteiger partial charge in [0.2, 0.25) is 5.91 Å². The van der Waals surface area contributed by atoms with Gasteiger partial charge in [-0.2, -0.15) is 0 Å². The molecule has 23 heavy (non-hydrogen) atoms. The SMILES string of the molecule is C[C@@H](C(=O)N1CCOCC1)n1cnc2c1c(=O)n(C)c(=O)n2C. The van der Waals surface area contributed by atoms with E-state index in [1.54, 1.807) is 18.9 Å². The Morgan fingerprint density at radius 3 is 2.52 bits per heavy atom. The Labute approximate surface area is 131 Å². The Bertz CT molecular complexity index is 872. The van der Waals surface area contributed by atoms with Crippen molar-refractivity contribution >= 4 is 17.1 Å². The summed E-state index contributed by atoms with van der Waals surface area (Å²) in [4.78, 5) is 42.9. The first-order valence-corrected chi connectivity index (χ1v) is 7.42. The molecule has 9 heteroatoms. The van der Waals surface area contributed by atoms with E-state index in [2.05, 4.69) is 4.98 Å². The maximum absolute atomic E-state index is 12.6. The van der Waals surface area contributed by atoms with Crippen LogP contribution in [0.25, 0.3) is 11.2 Å². The highest BCUT2D eigenvalue weighted by atomic mass is 16.5. The topological polar surface area (TPSA) is 91.4 Å². The van der Waals surface area contributed by atoms with Crippen LogP contribution in [0.3, 0.4) is 0 Å². The van der Waals surface area contributed by atoms with E-state index >= 15 is 0 Å². The Balaban J connectivity index is 2.08. The smallest absolute Gasteiger partial charge is 0.332 e. The zero-order valence-corrected chi connectivity index (χ0v) is 13.4. The number of hydrogen-bond donors (Lipinski definition) is 0. The molecule has 1 amide bonds. The van der Waals surface area contributed by atoms with Gasteiger partial charge in [0.15, 0.2) is 11.2 Å². The van der Waals surface area contributed by atoms with Crippen LogP contribution in [0.5, 0.6) is 0 Å². The Morgan fingerprint density at radius 1 is 1.22 bits per heavy atom. The third kappa shape index (κ3) is 2.37. The maximum Gasteiger partial charge on any atom is 0.332 e. The highest BCUT2D eigenvalue weighted by Gasteiger charge is 2.26. The van der Waals surface area contributed by atoms with Crippen LogP contribution in [0.2, 0.25) is 0 Å². The van der Waals surface area contributed by atoms with Crippen molar-refractivity contribution in [2.24, 2.45) is 14.1 Å². The van der Waals surface area contributed by atoms with Crippen LogP contribution in [0.1, 0.15) is 13.0 Å². The summed E-state index contributed by atoms with van der Waals surface area (Å²) in [7, 11) is 2.96. The standard InChI is InChI=1S/C14H19N5O4/c1-9(12(20)18-4-6-23-7-5-18)19-8-15-11-10(19)13(21)17(3)14(22)16(11)2/h8-9H,4-7H2,1-3H3/t9-/m0/s1. The number of nitrogens with zero attached hydrogens (tertiary/aromatic N) is 5. The van der Waals surface area contributed by atoms with Gasteiger partial charge in [-0.1, -0.05) is 0 Å². The van der Waals surface area contributed by atoms with E-state index < -0.39 is 17.3 Å². The van der Waals surface area contributed by atoms with Crippen molar-refractivity contribution in [1.82, 2.24) is 23.6 Å². The quantitative estimate of drug-likeness (QED) is 0.697. The molecule has 2 aromatic heterocycles. The highest BCUT2D eigenvalue weighted by molar-refractivity contribution is 5.82. The maximum atomic E-state index is 12.6. The minimum absolute atomic E-state index is 0.0940. The van der Waals surface area contributed by atoms with Crippen molar-refractivity contribution < 1.29 is 9.53 Å². The number of fused-ring (bicyclic) bond motifs is 1. The number of amides is 1. The minimum atomic E-state index is -0.580. The molecule has 1 saturated heterocycles. The molecule has 1 aliphatic heterocycles. The van der Waals surface area contributed by atoms with Crippen molar-refractivity contribution in [2.45, 2.75) is 13.0 Å². The third-order valence-corrected chi connectivity index (χ3v) is 4.27. The molecule has 2 aromatic rings. The zero-order chi connectivity index (χ0) is 16.7. The van der Waals surface area contributed by atoms with Crippen LogP contribution in [-0.4, -0.2) is 55.8 Å². The van der Waals surface area contributed by atoms with Crippen molar-refractivity contribution in [3.63, 3.8) is 0 Å². The molecule has 0 aliphatic carbocycles. The van der Waals surface area contributed by atoms with Crippen molar-refractivity contribution in [3.05, 3.63) is 27.2 Å². The molecule has 0 radical (unpaired) electrons. The lowest BCUT2D eigenvalue weighted by molar-refractivity contribution is -0.138. The van der Waals surface area contributed by atoms with Crippen LogP contribution in [-0.2, 0) is 23.6 Å². The predicted molar refractivity (Wildman–Crippen MR) is 82.3 cm³/mol. The normalized spacial score (nSPS) is 16.7. The molecule has 0 aromatic carbocycles. The second kappa shape index (κ2) is 5.65. The molecule has 0 unspecified atom stereocenters. The number of imidazole rings is 1. The van der Waals surface area contributed by atoms with E-state index in [1.807, 2.05) is 0 Å². The summed E-state index contributed by atoms with van der Waals surface area (Å²) in [5, 5.41) is 0. The van der Waals surface area contributed by atoms with Crippen LogP contribution in [0.15, 0.2) is 15.9 Å². The molecule has 1 fully saturated rings. The number of aromatic nitrogens is 4. The second-order valence-electron chi connectivity index (χ2n) is 5.64. The summed E-state index contributed by atoms with van der Waals surface area (Å²) in [6.07, 6.45) is 1.44. The van der Waals surface area contributed by atoms with Crippen LogP contribution in [0, 0.1) is 0 Å². The van der Waals surface area contributed by atoms with E-state index in [0.717, 1.165) is 4.57 Å². The Morgan fingerprint density at radius 2 is 1.87 bits per heavy atom. The predicted octanol–water partition coefficient (Wildman–Crippen LogP) is -1.15. The molecule has 1 aliphatic rings. The molecule has 0 bridgehead atoms. The molecule has 3 heterocycles. The fraction of sp³-hybridized carbons (Fsp3) is 0.571. The van der Waals surface area contributed by atoms with Crippen LogP contribution >= 0.6 is 0 Å². The van der Waals surface area contributed by atoms with E-state index in [1.165, 1.54) is 22.5 Å². The lowest BCUT2D eigenvalue weighted by Gasteiger charge is -2.29. The van der Waals surface area contributed by atoms with Crippen LogP contribution in [0.4, 0.5) is 0 Å². The van der Waals surface area contributed by atoms with Gasteiger partial charge in [0.1, 0.15) is 6.04 Å². The number of ether oxygens (including phenoxy) is 1. The lowest BCUT2D eigenvalue weighted by Crippen LogP contribution is -2.44. The van der Waals surface area contributed by atoms with Gasteiger partial charge in [-0.25, -0.2) is 9.78 Å². The fourth-order valence-corrected chi connectivity index (χ4v) is 2.82. The number of morpholine rings is 1. The first-order valence-electron chi connectivity index (χ1n) is 7.42. The first kappa shape index (κ1) is 15.5. The van der Waals surface area contributed by atoms with Crippen molar-refractivity contribution in [3.8, 4) is 0 Å². The van der Waals surface area contributed by atoms with Gasteiger partial charge in [0, 0.05) is 27.2 Å². The molecule has 0 N–H and O–H groups in total. The second-order valence-corrected chi connectivity index (χ2v) is 5.64.